The summed E-state index contributed by atoms with van der Waals surface area (Å²) in [6, 6.07) is 5.80. The molecule has 0 saturated carbocycles. The van der Waals surface area contributed by atoms with Gasteiger partial charge in [-0.05, 0) is 26.0 Å². The van der Waals surface area contributed by atoms with Crippen molar-refractivity contribution in [2.45, 2.75) is 25.7 Å². The summed E-state index contributed by atoms with van der Waals surface area (Å²) in [7, 11) is 0. The SMILES string of the molecule is CC1(C)OCC(c2ccccn2)O1. The number of pyridine rings is 1. The third-order valence-corrected chi connectivity index (χ3v) is 2.03. The Morgan fingerprint density at radius 3 is 2.85 bits per heavy atom. The maximum absolute atomic E-state index is 5.65. The standard InChI is InChI=1S/C10H13NO2/c1-10(2)12-7-9(13-10)8-5-3-4-6-11-8/h3-6,9H,7H2,1-2H3. The van der Waals surface area contributed by atoms with Crippen molar-refractivity contribution in [1.29, 1.82) is 0 Å². The molecule has 0 aromatic carbocycles. The van der Waals surface area contributed by atoms with E-state index in [-0.39, 0.29) is 6.10 Å². The highest BCUT2D eigenvalue weighted by Gasteiger charge is 2.33. The van der Waals surface area contributed by atoms with Gasteiger partial charge in [0.05, 0.1) is 12.3 Å². The first kappa shape index (κ1) is 8.66. The maximum atomic E-state index is 5.65. The molecular formula is C10H13NO2. The summed E-state index contributed by atoms with van der Waals surface area (Å²) in [4.78, 5) is 4.22. The Labute approximate surface area is 77.7 Å². The second-order valence-electron chi connectivity index (χ2n) is 3.57. The van der Waals surface area contributed by atoms with Crippen LogP contribution in [0.25, 0.3) is 0 Å². The molecule has 1 aliphatic rings. The predicted molar refractivity (Wildman–Crippen MR) is 48.1 cm³/mol. The lowest BCUT2D eigenvalue weighted by molar-refractivity contribution is -0.139. The van der Waals surface area contributed by atoms with Gasteiger partial charge in [-0.2, -0.15) is 0 Å². The van der Waals surface area contributed by atoms with E-state index in [9.17, 15) is 0 Å². The maximum Gasteiger partial charge on any atom is 0.163 e. The van der Waals surface area contributed by atoms with Crippen LogP contribution in [0.1, 0.15) is 25.6 Å². The summed E-state index contributed by atoms with van der Waals surface area (Å²) in [6.45, 7) is 4.41. The first-order valence-corrected chi connectivity index (χ1v) is 4.40. The second-order valence-corrected chi connectivity index (χ2v) is 3.57. The van der Waals surface area contributed by atoms with Crippen LogP contribution in [0.4, 0.5) is 0 Å². The molecule has 0 spiro atoms. The summed E-state index contributed by atoms with van der Waals surface area (Å²) >= 11 is 0. The van der Waals surface area contributed by atoms with Gasteiger partial charge in [0.15, 0.2) is 5.79 Å². The monoisotopic (exact) mass is 179 g/mol. The molecule has 1 aromatic rings. The minimum Gasteiger partial charge on any atom is -0.347 e. The molecule has 70 valence electrons. The van der Waals surface area contributed by atoms with Crippen molar-refractivity contribution in [2.24, 2.45) is 0 Å². The van der Waals surface area contributed by atoms with E-state index in [0.717, 1.165) is 5.69 Å². The van der Waals surface area contributed by atoms with Crippen LogP contribution in [0.3, 0.4) is 0 Å². The number of nitrogens with zero attached hydrogens (tertiary/aromatic N) is 1. The van der Waals surface area contributed by atoms with Crippen molar-refractivity contribution in [2.75, 3.05) is 6.61 Å². The fourth-order valence-electron chi connectivity index (χ4n) is 1.40. The molecule has 1 aliphatic heterocycles. The normalized spacial score (nSPS) is 26.2. The highest BCUT2D eigenvalue weighted by Crippen LogP contribution is 2.31. The molecule has 1 fully saturated rings. The number of hydrogen-bond donors (Lipinski definition) is 0. The molecule has 1 atom stereocenters. The van der Waals surface area contributed by atoms with Crippen LogP contribution in [-0.4, -0.2) is 17.4 Å². The zero-order valence-corrected chi connectivity index (χ0v) is 7.86. The lowest BCUT2D eigenvalue weighted by atomic mass is 10.2. The van der Waals surface area contributed by atoms with Crippen LogP contribution in [0.2, 0.25) is 0 Å². The molecule has 0 radical (unpaired) electrons. The van der Waals surface area contributed by atoms with Gasteiger partial charge < -0.3 is 9.47 Å². The lowest BCUT2D eigenvalue weighted by Crippen LogP contribution is -2.19. The van der Waals surface area contributed by atoms with Crippen molar-refractivity contribution in [3.63, 3.8) is 0 Å². The smallest absolute Gasteiger partial charge is 0.163 e. The van der Waals surface area contributed by atoms with E-state index in [1.807, 2.05) is 32.0 Å². The van der Waals surface area contributed by atoms with Gasteiger partial charge in [-0.1, -0.05) is 6.07 Å². The fraction of sp³-hybridized carbons (Fsp3) is 0.500. The Kier molecular flexibility index (Phi) is 2.06. The Bertz CT molecular complexity index is 284. The van der Waals surface area contributed by atoms with E-state index in [1.165, 1.54) is 0 Å². The van der Waals surface area contributed by atoms with Gasteiger partial charge in [-0.3, -0.25) is 4.98 Å². The quantitative estimate of drug-likeness (QED) is 0.659. The molecule has 2 heterocycles. The summed E-state index contributed by atoms with van der Waals surface area (Å²) in [5.74, 6) is -0.470. The third-order valence-electron chi connectivity index (χ3n) is 2.03. The molecule has 3 nitrogen and oxygen atoms in total. The van der Waals surface area contributed by atoms with Crippen LogP contribution < -0.4 is 0 Å². The molecule has 13 heavy (non-hydrogen) atoms. The van der Waals surface area contributed by atoms with Crippen LogP contribution in [0, 0.1) is 0 Å². The minimum atomic E-state index is -0.470. The summed E-state index contributed by atoms with van der Waals surface area (Å²) < 4.78 is 11.1. The van der Waals surface area contributed by atoms with E-state index in [2.05, 4.69) is 4.98 Å². The molecule has 0 aliphatic carbocycles. The van der Waals surface area contributed by atoms with Gasteiger partial charge in [-0.15, -0.1) is 0 Å². The molecule has 3 heteroatoms. The zero-order valence-electron chi connectivity index (χ0n) is 7.86. The molecule has 0 N–H and O–H groups in total. The van der Waals surface area contributed by atoms with Crippen LogP contribution in [-0.2, 0) is 9.47 Å². The average Bonchev–Trinajstić information content (AvgIpc) is 2.48. The van der Waals surface area contributed by atoms with Gasteiger partial charge in [0.1, 0.15) is 6.10 Å². The van der Waals surface area contributed by atoms with Gasteiger partial charge in [0.25, 0.3) is 0 Å². The van der Waals surface area contributed by atoms with Gasteiger partial charge >= 0.3 is 0 Å². The first-order valence-electron chi connectivity index (χ1n) is 4.40. The van der Waals surface area contributed by atoms with E-state index in [1.54, 1.807) is 6.20 Å². The predicted octanol–water partition coefficient (Wildman–Crippen LogP) is 1.91. The Hall–Kier alpha value is -0.930. The fourth-order valence-corrected chi connectivity index (χ4v) is 1.40. The van der Waals surface area contributed by atoms with Crippen LogP contribution in [0.5, 0.6) is 0 Å². The van der Waals surface area contributed by atoms with Gasteiger partial charge in [0, 0.05) is 6.20 Å². The van der Waals surface area contributed by atoms with Crippen molar-refractivity contribution in [3.8, 4) is 0 Å². The van der Waals surface area contributed by atoms with E-state index in [4.69, 9.17) is 9.47 Å². The lowest BCUT2D eigenvalue weighted by Gasteiger charge is -2.16. The highest BCUT2D eigenvalue weighted by atomic mass is 16.7. The summed E-state index contributed by atoms with van der Waals surface area (Å²) in [6.07, 6.45) is 1.75. The largest absolute Gasteiger partial charge is 0.347 e. The van der Waals surface area contributed by atoms with Crippen LogP contribution >= 0.6 is 0 Å². The van der Waals surface area contributed by atoms with E-state index >= 15 is 0 Å². The molecule has 0 amide bonds. The number of ether oxygens (including phenoxy) is 2. The van der Waals surface area contributed by atoms with Crippen LogP contribution in [0.15, 0.2) is 24.4 Å². The molecular weight excluding hydrogens is 166 g/mol. The molecule has 1 unspecified atom stereocenters. The second kappa shape index (κ2) is 3.09. The molecule has 1 aromatic heterocycles. The van der Waals surface area contributed by atoms with E-state index < -0.39 is 5.79 Å². The van der Waals surface area contributed by atoms with Gasteiger partial charge in [-0.25, -0.2) is 0 Å². The molecule has 1 saturated heterocycles. The Morgan fingerprint density at radius 2 is 2.31 bits per heavy atom. The Morgan fingerprint density at radius 1 is 1.46 bits per heavy atom. The topological polar surface area (TPSA) is 31.4 Å². The van der Waals surface area contributed by atoms with Crippen molar-refractivity contribution < 1.29 is 9.47 Å². The number of hydrogen-bond acceptors (Lipinski definition) is 3. The van der Waals surface area contributed by atoms with E-state index in [0.29, 0.717) is 6.61 Å². The Balaban J connectivity index is 2.13. The van der Waals surface area contributed by atoms with Crippen molar-refractivity contribution in [3.05, 3.63) is 30.1 Å². The molecule has 0 bridgehead atoms. The summed E-state index contributed by atoms with van der Waals surface area (Å²) in [5, 5.41) is 0. The summed E-state index contributed by atoms with van der Waals surface area (Å²) in [5.41, 5.74) is 0.938. The minimum absolute atomic E-state index is 0.0174. The van der Waals surface area contributed by atoms with Crippen molar-refractivity contribution in [1.82, 2.24) is 4.98 Å². The molecule has 2 rings (SSSR count). The average molecular weight is 179 g/mol. The highest BCUT2D eigenvalue weighted by molar-refractivity contribution is 5.08. The number of rotatable bonds is 1. The third kappa shape index (κ3) is 1.87. The van der Waals surface area contributed by atoms with Gasteiger partial charge in [0.2, 0.25) is 0 Å². The number of aromatic nitrogens is 1. The van der Waals surface area contributed by atoms with Crippen molar-refractivity contribution >= 4 is 0 Å². The zero-order chi connectivity index (χ0) is 9.31. The first-order chi connectivity index (χ1) is 6.17.